The summed E-state index contributed by atoms with van der Waals surface area (Å²) < 4.78 is 5.37. The van der Waals surface area contributed by atoms with Crippen molar-refractivity contribution in [3.63, 3.8) is 0 Å². The molecule has 1 aliphatic carbocycles. The molecule has 25 heavy (non-hydrogen) atoms. The molecule has 1 aromatic carbocycles. The van der Waals surface area contributed by atoms with E-state index in [1.807, 2.05) is 52.8 Å². The van der Waals surface area contributed by atoms with Gasteiger partial charge >= 0.3 is 6.09 Å². The summed E-state index contributed by atoms with van der Waals surface area (Å²) in [5, 5.41) is 5.84. The van der Waals surface area contributed by atoms with E-state index in [4.69, 9.17) is 4.74 Å². The molecule has 0 heterocycles. The van der Waals surface area contributed by atoms with Crippen LogP contribution in [0.1, 0.15) is 64.0 Å². The minimum Gasteiger partial charge on any atom is -0.444 e. The predicted molar refractivity (Wildman–Crippen MR) is 99.7 cm³/mol. The third kappa shape index (κ3) is 5.21. The van der Waals surface area contributed by atoms with Gasteiger partial charge in [-0.25, -0.2) is 4.79 Å². The topological polar surface area (TPSA) is 67.4 Å². The summed E-state index contributed by atoms with van der Waals surface area (Å²) in [6.07, 6.45) is 3.62. The normalized spacial score (nSPS) is 16.8. The number of hydrogen-bond acceptors (Lipinski definition) is 3. The van der Waals surface area contributed by atoms with Gasteiger partial charge < -0.3 is 15.4 Å². The van der Waals surface area contributed by atoms with Gasteiger partial charge in [-0.1, -0.05) is 25.3 Å². The van der Waals surface area contributed by atoms with E-state index in [0.29, 0.717) is 12.8 Å². The molecule has 0 bridgehead atoms. The number of rotatable bonds is 3. The molecule has 0 saturated heterocycles. The van der Waals surface area contributed by atoms with E-state index in [0.717, 1.165) is 30.5 Å². The molecular weight excluding hydrogens is 316 g/mol. The Kier molecular flexibility index (Phi) is 5.76. The Labute approximate surface area is 150 Å². The maximum atomic E-state index is 13.0. The molecule has 2 N–H and O–H groups in total. The fraction of sp³-hybridized carbons (Fsp3) is 0.600. The molecule has 1 fully saturated rings. The second-order valence-electron chi connectivity index (χ2n) is 8.02. The maximum absolute atomic E-state index is 13.0. The third-order valence-electron chi connectivity index (χ3n) is 4.65. The number of anilines is 1. The quantitative estimate of drug-likeness (QED) is 0.848. The van der Waals surface area contributed by atoms with Gasteiger partial charge in [-0.3, -0.25) is 4.79 Å². The van der Waals surface area contributed by atoms with Gasteiger partial charge in [0.1, 0.15) is 11.1 Å². The first-order valence-electron chi connectivity index (χ1n) is 9.01. The van der Waals surface area contributed by atoms with E-state index >= 15 is 0 Å². The number of benzene rings is 1. The van der Waals surface area contributed by atoms with Crippen molar-refractivity contribution in [2.24, 2.45) is 0 Å². The number of aryl methyl sites for hydroxylation is 2. The lowest BCUT2D eigenvalue weighted by atomic mass is 9.81. The minimum absolute atomic E-state index is 0.165. The molecule has 0 radical (unpaired) electrons. The molecule has 1 aliphatic rings. The van der Waals surface area contributed by atoms with Crippen molar-refractivity contribution in [1.82, 2.24) is 5.32 Å². The fourth-order valence-electron chi connectivity index (χ4n) is 3.13. The Morgan fingerprint density at radius 1 is 1.04 bits per heavy atom. The van der Waals surface area contributed by atoms with E-state index in [9.17, 15) is 9.59 Å². The third-order valence-corrected chi connectivity index (χ3v) is 4.65. The SMILES string of the molecule is Cc1ccc(NC(=O)C2(NC(=O)OC(C)(C)C)CCCCC2)cc1C. The highest BCUT2D eigenvalue weighted by molar-refractivity contribution is 6.00. The van der Waals surface area contributed by atoms with E-state index in [1.165, 1.54) is 5.56 Å². The standard InChI is InChI=1S/C20H30N2O3/c1-14-9-10-16(13-15(14)2)21-17(23)20(11-7-6-8-12-20)22-18(24)25-19(3,4)5/h9-10,13H,6-8,11-12H2,1-5H3,(H,21,23)(H,22,24). The number of carbonyl (C=O) groups excluding carboxylic acids is 2. The Bertz CT molecular complexity index is 641. The van der Waals surface area contributed by atoms with Crippen molar-refractivity contribution in [3.05, 3.63) is 29.3 Å². The Hall–Kier alpha value is -2.04. The zero-order valence-corrected chi connectivity index (χ0v) is 16.0. The lowest BCUT2D eigenvalue weighted by molar-refractivity contribution is -0.123. The van der Waals surface area contributed by atoms with E-state index in [-0.39, 0.29) is 5.91 Å². The number of ether oxygens (including phenoxy) is 1. The van der Waals surface area contributed by atoms with Crippen LogP contribution in [-0.2, 0) is 9.53 Å². The summed E-state index contributed by atoms with van der Waals surface area (Å²) in [6.45, 7) is 9.49. The summed E-state index contributed by atoms with van der Waals surface area (Å²) in [7, 11) is 0. The molecule has 2 amide bonds. The number of hydrogen-bond donors (Lipinski definition) is 2. The lowest BCUT2D eigenvalue weighted by Gasteiger charge is -2.37. The molecule has 5 heteroatoms. The first-order chi connectivity index (χ1) is 11.6. The molecule has 0 atom stereocenters. The molecule has 5 nitrogen and oxygen atoms in total. The lowest BCUT2D eigenvalue weighted by Crippen LogP contribution is -2.58. The van der Waals surface area contributed by atoms with Gasteiger partial charge in [0.15, 0.2) is 0 Å². The zero-order chi connectivity index (χ0) is 18.7. The highest BCUT2D eigenvalue weighted by Gasteiger charge is 2.42. The van der Waals surface area contributed by atoms with Gasteiger partial charge in [0.05, 0.1) is 0 Å². The van der Waals surface area contributed by atoms with Gasteiger partial charge in [0, 0.05) is 5.69 Å². The van der Waals surface area contributed by atoms with Crippen molar-refractivity contribution >= 4 is 17.7 Å². The van der Waals surface area contributed by atoms with Crippen molar-refractivity contribution in [2.45, 2.75) is 77.9 Å². The molecular formula is C20H30N2O3. The molecule has 0 spiro atoms. The minimum atomic E-state index is -0.903. The van der Waals surface area contributed by atoms with E-state index in [2.05, 4.69) is 10.6 Å². The molecule has 0 aromatic heterocycles. The average Bonchev–Trinajstić information content (AvgIpc) is 2.50. The summed E-state index contributed by atoms with van der Waals surface area (Å²) in [6, 6.07) is 5.83. The summed E-state index contributed by atoms with van der Waals surface area (Å²) in [4.78, 5) is 25.3. The van der Waals surface area contributed by atoms with Gasteiger partial charge in [0.2, 0.25) is 5.91 Å². The van der Waals surface area contributed by atoms with E-state index < -0.39 is 17.2 Å². The summed E-state index contributed by atoms with van der Waals surface area (Å²) in [5.74, 6) is -0.165. The Morgan fingerprint density at radius 3 is 2.24 bits per heavy atom. The van der Waals surface area contributed by atoms with Crippen LogP contribution in [0.2, 0.25) is 0 Å². The number of nitrogens with one attached hydrogen (secondary N) is 2. The van der Waals surface area contributed by atoms with Crippen LogP contribution in [-0.4, -0.2) is 23.1 Å². The van der Waals surface area contributed by atoms with Crippen LogP contribution in [0.15, 0.2) is 18.2 Å². The number of alkyl carbamates (subject to hydrolysis) is 1. The monoisotopic (exact) mass is 346 g/mol. The molecule has 1 saturated carbocycles. The van der Waals surface area contributed by atoms with Crippen LogP contribution in [0.3, 0.4) is 0 Å². The van der Waals surface area contributed by atoms with Crippen LogP contribution in [0.25, 0.3) is 0 Å². The van der Waals surface area contributed by atoms with Crippen LogP contribution in [0.4, 0.5) is 10.5 Å². The van der Waals surface area contributed by atoms with Gasteiger partial charge in [-0.05, 0) is 70.7 Å². The Morgan fingerprint density at radius 2 is 1.68 bits per heavy atom. The Balaban J connectivity index is 2.16. The summed E-state index contributed by atoms with van der Waals surface area (Å²) >= 11 is 0. The highest BCUT2D eigenvalue weighted by Crippen LogP contribution is 2.30. The van der Waals surface area contributed by atoms with Crippen molar-refractivity contribution in [3.8, 4) is 0 Å². The van der Waals surface area contributed by atoms with Gasteiger partial charge in [0.25, 0.3) is 0 Å². The zero-order valence-electron chi connectivity index (χ0n) is 16.0. The molecule has 138 valence electrons. The largest absolute Gasteiger partial charge is 0.444 e. The molecule has 0 unspecified atom stereocenters. The van der Waals surface area contributed by atoms with Gasteiger partial charge in [-0.2, -0.15) is 0 Å². The number of carbonyl (C=O) groups is 2. The van der Waals surface area contributed by atoms with E-state index in [1.54, 1.807) is 0 Å². The smallest absolute Gasteiger partial charge is 0.408 e. The van der Waals surface area contributed by atoms with Crippen LogP contribution >= 0.6 is 0 Å². The average molecular weight is 346 g/mol. The first kappa shape index (κ1) is 19.3. The van der Waals surface area contributed by atoms with Crippen LogP contribution in [0, 0.1) is 13.8 Å². The first-order valence-corrected chi connectivity index (χ1v) is 9.01. The van der Waals surface area contributed by atoms with Crippen molar-refractivity contribution in [2.75, 3.05) is 5.32 Å². The number of amides is 2. The predicted octanol–water partition coefficient (Wildman–Crippen LogP) is 4.47. The van der Waals surface area contributed by atoms with Gasteiger partial charge in [-0.15, -0.1) is 0 Å². The van der Waals surface area contributed by atoms with Crippen molar-refractivity contribution in [1.29, 1.82) is 0 Å². The highest BCUT2D eigenvalue weighted by atomic mass is 16.6. The molecule has 2 rings (SSSR count). The second-order valence-corrected chi connectivity index (χ2v) is 8.02. The fourth-order valence-corrected chi connectivity index (χ4v) is 3.13. The maximum Gasteiger partial charge on any atom is 0.408 e. The molecule has 1 aromatic rings. The molecule has 0 aliphatic heterocycles. The second kappa shape index (κ2) is 7.46. The van der Waals surface area contributed by atoms with Crippen LogP contribution < -0.4 is 10.6 Å². The van der Waals surface area contributed by atoms with Crippen molar-refractivity contribution < 1.29 is 14.3 Å². The van der Waals surface area contributed by atoms with Crippen LogP contribution in [0.5, 0.6) is 0 Å². The summed E-state index contributed by atoms with van der Waals surface area (Å²) in [5.41, 5.74) is 1.56.